The van der Waals surface area contributed by atoms with Gasteiger partial charge >= 0.3 is 0 Å². The summed E-state index contributed by atoms with van der Waals surface area (Å²) in [6.45, 7) is 5.20. The molecule has 1 aromatic rings. The number of hydrogen-bond acceptors (Lipinski definition) is 2. The fraction of sp³-hybridized carbons (Fsp3) is 0.455. The Morgan fingerprint density at radius 2 is 2.00 bits per heavy atom. The molecule has 0 amide bonds. The van der Waals surface area contributed by atoms with E-state index in [1.165, 1.54) is 16.9 Å². The van der Waals surface area contributed by atoms with Gasteiger partial charge in [-0.15, -0.1) is 0 Å². The van der Waals surface area contributed by atoms with Gasteiger partial charge < -0.3 is 10.2 Å². The molecule has 0 bridgehead atoms. The van der Waals surface area contributed by atoms with Crippen LogP contribution in [-0.4, -0.2) is 20.6 Å². The van der Waals surface area contributed by atoms with Gasteiger partial charge in [-0.05, 0) is 31.5 Å². The Bertz CT molecular complexity index is 279. The van der Waals surface area contributed by atoms with Crippen LogP contribution in [0.25, 0.3) is 0 Å². The third-order valence-corrected chi connectivity index (χ3v) is 2.07. The second-order valence-corrected chi connectivity index (χ2v) is 3.43. The molecular weight excluding hydrogens is 160 g/mol. The van der Waals surface area contributed by atoms with Crippen molar-refractivity contribution in [3.63, 3.8) is 0 Å². The molecule has 0 radical (unpaired) electrons. The van der Waals surface area contributed by atoms with Crippen LogP contribution in [0.2, 0.25) is 0 Å². The van der Waals surface area contributed by atoms with Gasteiger partial charge in [-0.1, -0.05) is 6.07 Å². The van der Waals surface area contributed by atoms with E-state index < -0.39 is 0 Å². The molecule has 2 heteroatoms. The van der Waals surface area contributed by atoms with Crippen molar-refractivity contribution in [3.8, 4) is 0 Å². The summed E-state index contributed by atoms with van der Waals surface area (Å²) in [6.07, 6.45) is 0. The Hall–Kier alpha value is -1.18. The molecule has 0 heterocycles. The van der Waals surface area contributed by atoms with Crippen LogP contribution in [0.3, 0.4) is 0 Å². The standard InChI is InChI=1S/C11H18N2/c1-5-12-10-7-6-9(2)11(8-10)13(3)4/h6-8,12H,5H2,1-4H3. The Morgan fingerprint density at radius 3 is 2.54 bits per heavy atom. The van der Waals surface area contributed by atoms with E-state index >= 15 is 0 Å². The lowest BCUT2D eigenvalue weighted by atomic mass is 10.1. The number of rotatable bonds is 3. The second-order valence-electron chi connectivity index (χ2n) is 3.43. The average Bonchev–Trinajstić information content (AvgIpc) is 2.08. The molecule has 0 aliphatic heterocycles. The summed E-state index contributed by atoms with van der Waals surface area (Å²) in [5, 5.41) is 3.30. The van der Waals surface area contributed by atoms with Crippen LogP contribution in [0.15, 0.2) is 18.2 Å². The van der Waals surface area contributed by atoms with Gasteiger partial charge in [0.25, 0.3) is 0 Å². The molecular formula is C11H18N2. The van der Waals surface area contributed by atoms with Crippen molar-refractivity contribution in [2.75, 3.05) is 30.9 Å². The van der Waals surface area contributed by atoms with Crippen LogP contribution < -0.4 is 10.2 Å². The molecule has 0 unspecified atom stereocenters. The summed E-state index contributed by atoms with van der Waals surface area (Å²) in [6, 6.07) is 6.44. The fourth-order valence-electron chi connectivity index (χ4n) is 1.41. The van der Waals surface area contributed by atoms with Crippen LogP contribution in [-0.2, 0) is 0 Å². The number of nitrogens with one attached hydrogen (secondary N) is 1. The highest BCUT2D eigenvalue weighted by Crippen LogP contribution is 2.22. The number of benzene rings is 1. The summed E-state index contributed by atoms with van der Waals surface area (Å²) < 4.78 is 0. The van der Waals surface area contributed by atoms with Gasteiger partial charge in [0.1, 0.15) is 0 Å². The number of nitrogens with zero attached hydrogens (tertiary/aromatic N) is 1. The number of hydrogen-bond donors (Lipinski definition) is 1. The minimum absolute atomic E-state index is 0.968. The van der Waals surface area contributed by atoms with Gasteiger partial charge in [0.05, 0.1) is 0 Å². The maximum Gasteiger partial charge on any atom is 0.0411 e. The third kappa shape index (κ3) is 2.38. The topological polar surface area (TPSA) is 15.3 Å². The molecule has 0 saturated carbocycles. The van der Waals surface area contributed by atoms with Gasteiger partial charge in [-0.2, -0.15) is 0 Å². The van der Waals surface area contributed by atoms with E-state index in [4.69, 9.17) is 0 Å². The third-order valence-electron chi connectivity index (χ3n) is 2.07. The average molecular weight is 178 g/mol. The minimum atomic E-state index is 0.968. The predicted molar refractivity (Wildman–Crippen MR) is 59.7 cm³/mol. The van der Waals surface area contributed by atoms with Crippen LogP contribution in [0.1, 0.15) is 12.5 Å². The molecule has 1 aromatic carbocycles. The molecule has 0 aromatic heterocycles. The minimum Gasteiger partial charge on any atom is -0.385 e. The summed E-state index contributed by atoms with van der Waals surface area (Å²) in [4.78, 5) is 2.14. The first kappa shape index (κ1) is 9.90. The zero-order valence-electron chi connectivity index (χ0n) is 8.89. The van der Waals surface area contributed by atoms with Crippen LogP contribution in [0.4, 0.5) is 11.4 Å². The summed E-state index contributed by atoms with van der Waals surface area (Å²) >= 11 is 0. The first-order valence-electron chi connectivity index (χ1n) is 4.67. The smallest absolute Gasteiger partial charge is 0.0411 e. The summed E-state index contributed by atoms with van der Waals surface area (Å²) in [5.41, 5.74) is 3.78. The van der Waals surface area contributed by atoms with Crippen molar-refractivity contribution in [1.29, 1.82) is 0 Å². The lowest BCUT2D eigenvalue weighted by Crippen LogP contribution is -2.10. The van der Waals surface area contributed by atoms with Crippen LogP contribution in [0.5, 0.6) is 0 Å². The Kier molecular flexibility index (Phi) is 3.18. The molecule has 0 fully saturated rings. The molecule has 1 rings (SSSR count). The number of anilines is 2. The molecule has 72 valence electrons. The van der Waals surface area contributed by atoms with E-state index in [0.29, 0.717) is 0 Å². The molecule has 0 aliphatic rings. The largest absolute Gasteiger partial charge is 0.385 e. The van der Waals surface area contributed by atoms with Gasteiger partial charge in [0, 0.05) is 32.0 Å². The van der Waals surface area contributed by atoms with Crippen molar-refractivity contribution < 1.29 is 0 Å². The van der Waals surface area contributed by atoms with Gasteiger partial charge in [0.15, 0.2) is 0 Å². The summed E-state index contributed by atoms with van der Waals surface area (Å²) in [5.74, 6) is 0. The van der Waals surface area contributed by atoms with E-state index in [-0.39, 0.29) is 0 Å². The maximum atomic E-state index is 3.30. The van der Waals surface area contributed by atoms with Crippen molar-refractivity contribution in [3.05, 3.63) is 23.8 Å². The van der Waals surface area contributed by atoms with E-state index in [0.717, 1.165) is 6.54 Å². The van der Waals surface area contributed by atoms with Crippen molar-refractivity contribution in [2.24, 2.45) is 0 Å². The quantitative estimate of drug-likeness (QED) is 0.765. The highest BCUT2D eigenvalue weighted by molar-refractivity contribution is 5.61. The maximum absolute atomic E-state index is 3.30. The van der Waals surface area contributed by atoms with Crippen LogP contribution >= 0.6 is 0 Å². The lowest BCUT2D eigenvalue weighted by molar-refractivity contribution is 1.11. The van der Waals surface area contributed by atoms with Crippen LogP contribution in [0, 0.1) is 6.92 Å². The van der Waals surface area contributed by atoms with Crippen molar-refractivity contribution >= 4 is 11.4 Å². The first-order chi connectivity index (χ1) is 6.15. The number of aryl methyl sites for hydroxylation is 1. The first-order valence-corrected chi connectivity index (χ1v) is 4.67. The second kappa shape index (κ2) is 4.17. The molecule has 1 N–H and O–H groups in total. The zero-order chi connectivity index (χ0) is 9.84. The molecule has 2 nitrogen and oxygen atoms in total. The molecule has 0 atom stereocenters. The molecule has 13 heavy (non-hydrogen) atoms. The zero-order valence-corrected chi connectivity index (χ0v) is 8.89. The van der Waals surface area contributed by atoms with Gasteiger partial charge in [0.2, 0.25) is 0 Å². The van der Waals surface area contributed by atoms with E-state index in [1.807, 2.05) is 0 Å². The SMILES string of the molecule is CCNc1ccc(C)c(N(C)C)c1. The highest BCUT2D eigenvalue weighted by atomic mass is 15.1. The van der Waals surface area contributed by atoms with Gasteiger partial charge in [-0.3, -0.25) is 0 Å². The lowest BCUT2D eigenvalue weighted by Gasteiger charge is -2.17. The monoisotopic (exact) mass is 178 g/mol. The Balaban J connectivity index is 2.97. The fourth-order valence-corrected chi connectivity index (χ4v) is 1.41. The Labute approximate surface area is 80.6 Å². The normalized spacial score (nSPS) is 9.85. The summed E-state index contributed by atoms with van der Waals surface area (Å²) in [7, 11) is 4.14. The predicted octanol–water partition coefficient (Wildman–Crippen LogP) is 2.49. The highest BCUT2D eigenvalue weighted by Gasteiger charge is 2.00. The van der Waals surface area contributed by atoms with Gasteiger partial charge in [-0.25, -0.2) is 0 Å². The Morgan fingerprint density at radius 1 is 1.31 bits per heavy atom. The van der Waals surface area contributed by atoms with Crippen molar-refractivity contribution in [2.45, 2.75) is 13.8 Å². The molecule has 0 spiro atoms. The molecule has 0 saturated heterocycles. The van der Waals surface area contributed by atoms with E-state index in [9.17, 15) is 0 Å². The van der Waals surface area contributed by atoms with E-state index in [1.54, 1.807) is 0 Å². The van der Waals surface area contributed by atoms with E-state index in [2.05, 4.69) is 56.4 Å². The molecule has 0 aliphatic carbocycles. The van der Waals surface area contributed by atoms with Crippen molar-refractivity contribution in [1.82, 2.24) is 0 Å².